The third-order valence-electron chi connectivity index (χ3n) is 2.73. The van der Waals surface area contributed by atoms with Crippen LogP contribution in [0.4, 0.5) is 0 Å². The molecule has 1 rings (SSSR count). The zero-order valence-corrected chi connectivity index (χ0v) is 11.3. The minimum atomic E-state index is -0.140. The summed E-state index contributed by atoms with van der Waals surface area (Å²) in [4.78, 5) is 13.5. The second-order valence-corrected chi connectivity index (χ2v) is 4.26. The third kappa shape index (κ3) is 4.40. The Labute approximate surface area is 113 Å². The van der Waals surface area contributed by atoms with Crippen LogP contribution >= 0.6 is 0 Å². The summed E-state index contributed by atoms with van der Waals surface area (Å²) < 4.78 is 0. The summed E-state index contributed by atoms with van der Waals surface area (Å²) in [6, 6.07) is 5.35. The molecule has 0 heterocycles. The molecule has 2 N–H and O–H groups in total. The number of nitrogens with zero attached hydrogens (tertiary/aromatic N) is 1. The zero-order valence-electron chi connectivity index (χ0n) is 11.3. The summed E-state index contributed by atoms with van der Waals surface area (Å²) in [6.45, 7) is 2.20. The summed E-state index contributed by atoms with van der Waals surface area (Å²) in [5, 5.41) is 17.5. The first-order valence-electron chi connectivity index (χ1n) is 6.17. The molecule has 0 saturated carbocycles. The Morgan fingerprint density at radius 3 is 2.68 bits per heavy atom. The van der Waals surface area contributed by atoms with Crippen molar-refractivity contribution in [1.82, 2.24) is 4.90 Å². The van der Waals surface area contributed by atoms with Crippen LogP contribution in [-0.2, 0) is 0 Å². The molecule has 0 aliphatic rings. The van der Waals surface area contributed by atoms with Crippen LogP contribution in [0.3, 0.4) is 0 Å². The molecule has 0 bridgehead atoms. The highest BCUT2D eigenvalue weighted by Gasteiger charge is 2.11. The molecule has 0 aromatic heterocycles. The number of aryl methyl sites for hydroxylation is 1. The maximum absolute atomic E-state index is 12.1. The van der Waals surface area contributed by atoms with Crippen LogP contribution in [0.25, 0.3) is 0 Å². The molecule has 0 radical (unpaired) electrons. The van der Waals surface area contributed by atoms with Crippen LogP contribution in [0.15, 0.2) is 18.2 Å². The summed E-state index contributed by atoms with van der Waals surface area (Å²) in [7, 11) is 1.65. The van der Waals surface area contributed by atoms with Gasteiger partial charge in [0, 0.05) is 31.1 Å². The Hall–Kier alpha value is -1.83. The van der Waals surface area contributed by atoms with Gasteiger partial charge in [-0.3, -0.25) is 4.79 Å². The Kier molecular flexibility index (Phi) is 6.07. The standard InChI is InChI=1S/C15H19NO3/c1-12-6-7-14(15(19)16(2)8-10-18)11-13(12)5-3-4-9-17/h6-7,11,17-18H,4,8-10H2,1-2H3. The predicted molar refractivity (Wildman–Crippen MR) is 73.8 cm³/mol. The van der Waals surface area contributed by atoms with E-state index in [9.17, 15) is 4.79 Å². The molecule has 1 aromatic rings. The Bertz CT molecular complexity index is 500. The first-order valence-corrected chi connectivity index (χ1v) is 6.17. The number of hydrogen-bond donors (Lipinski definition) is 2. The quantitative estimate of drug-likeness (QED) is 0.788. The number of carbonyl (C=O) groups is 1. The number of likely N-dealkylation sites (N-methyl/N-ethyl adjacent to an activating group) is 1. The van der Waals surface area contributed by atoms with Gasteiger partial charge in [0.15, 0.2) is 0 Å². The molecule has 0 atom stereocenters. The molecule has 0 fully saturated rings. The van der Waals surface area contributed by atoms with Gasteiger partial charge in [0.1, 0.15) is 0 Å². The lowest BCUT2D eigenvalue weighted by Crippen LogP contribution is -2.29. The van der Waals surface area contributed by atoms with Crippen molar-refractivity contribution in [2.45, 2.75) is 13.3 Å². The first kappa shape index (κ1) is 15.2. The summed E-state index contributed by atoms with van der Waals surface area (Å²) in [5.41, 5.74) is 2.33. The van der Waals surface area contributed by atoms with E-state index in [1.807, 2.05) is 13.0 Å². The van der Waals surface area contributed by atoms with Crippen molar-refractivity contribution >= 4 is 5.91 Å². The van der Waals surface area contributed by atoms with Crippen LogP contribution in [-0.4, -0.2) is 47.8 Å². The van der Waals surface area contributed by atoms with Gasteiger partial charge in [0.2, 0.25) is 0 Å². The van der Waals surface area contributed by atoms with Gasteiger partial charge in [-0.25, -0.2) is 0 Å². The van der Waals surface area contributed by atoms with Crippen molar-refractivity contribution in [2.24, 2.45) is 0 Å². The molecule has 1 aromatic carbocycles. The van der Waals surface area contributed by atoms with Crippen molar-refractivity contribution in [3.8, 4) is 11.8 Å². The van der Waals surface area contributed by atoms with Crippen LogP contribution in [0.2, 0.25) is 0 Å². The minimum absolute atomic E-state index is 0.0317. The van der Waals surface area contributed by atoms with Gasteiger partial charge in [-0.15, -0.1) is 0 Å². The topological polar surface area (TPSA) is 60.8 Å². The first-order chi connectivity index (χ1) is 9.10. The van der Waals surface area contributed by atoms with E-state index in [4.69, 9.17) is 10.2 Å². The second-order valence-electron chi connectivity index (χ2n) is 4.26. The third-order valence-corrected chi connectivity index (χ3v) is 2.73. The molecule has 0 aliphatic heterocycles. The molecule has 0 spiro atoms. The maximum Gasteiger partial charge on any atom is 0.253 e. The molecule has 19 heavy (non-hydrogen) atoms. The number of hydrogen-bond acceptors (Lipinski definition) is 3. The van der Waals surface area contributed by atoms with Gasteiger partial charge in [0.25, 0.3) is 5.91 Å². The minimum Gasteiger partial charge on any atom is -0.395 e. The van der Waals surface area contributed by atoms with E-state index < -0.39 is 0 Å². The molecular formula is C15H19NO3. The predicted octanol–water partition coefficient (Wildman–Crippen LogP) is 0.793. The van der Waals surface area contributed by atoms with Gasteiger partial charge >= 0.3 is 0 Å². The molecule has 4 nitrogen and oxygen atoms in total. The van der Waals surface area contributed by atoms with E-state index in [2.05, 4.69) is 11.8 Å². The lowest BCUT2D eigenvalue weighted by atomic mass is 10.0. The van der Waals surface area contributed by atoms with Crippen LogP contribution < -0.4 is 0 Å². The second kappa shape index (κ2) is 7.57. The smallest absolute Gasteiger partial charge is 0.253 e. The van der Waals surface area contributed by atoms with Gasteiger partial charge in [-0.2, -0.15) is 0 Å². The zero-order chi connectivity index (χ0) is 14.3. The van der Waals surface area contributed by atoms with E-state index >= 15 is 0 Å². The fraction of sp³-hybridized carbons (Fsp3) is 0.400. The van der Waals surface area contributed by atoms with Crippen LogP contribution in [0.1, 0.15) is 27.9 Å². The average Bonchev–Trinajstić information content (AvgIpc) is 2.40. The van der Waals surface area contributed by atoms with Crippen molar-refractivity contribution in [2.75, 3.05) is 26.8 Å². The number of rotatable bonds is 4. The lowest BCUT2D eigenvalue weighted by molar-refractivity contribution is 0.0767. The van der Waals surface area contributed by atoms with Gasteiger partial charge in [0.05, 0.1) is 13.2 Å². The molecule has 0 unspecified atom stereocenters. The fourth-order valence-corrected chi connectivity index (χ4v) is 1.58. The highest BCUT2D eigenvalue weighted by molar-refractivity contribution is 5.94. The molecule has 102 valence electrons. The van der Waals surface area contributed by atoms with Crippen molar-refractivity contribution < 1.29 is 15.0 Å². The SMILES string of the molecule is Cc1ccc(C(=O)N(C)CCO)cc1C#CCCO. The Balaban J connectivity index is 2.96. The monoisotopic (exact) mass is 261 g/mol. The average molecular weight is 261 g/mol. The molecule has 0 aliphatic carbocycles. The highest BCUT2D eigenvalue weighted by Crippen LogP contribution is 2.12. The normalized spacial score (nSPS) is 9.68. The summed E-state index contributed by atoms with van der Waals surface area (Å²) in [6.07, 6.45) is 0.419. The van der Waals surface area contributed by atoms with Crippen LogP contribution in [0.5, 0.6) is 0 Å². The number of amides is 1. The fourth-order valence-electron chi connectivity index (χ4n) is 1.58. The maximum atomic E-state index is 12.1. The lowest BCUT2D eigenvalue weighted by Gasteiger charge is -2.16. The number of aliphatic hydroxyl groups excluding tert-OH is 2. The van der Waals surface area contributed by atoms with Crippen molar-refractivity contribution in [3.63, 3.8) is 0 Å². The highest BCUT2D eigenvalue weighted by atomic mass is 16.3. The van der Waals surface area contributed by atoms with E-state index in [0.717, 1.165) is 11.1 Å². The Morgan fingerprint density at radius 1 is 1.32 bits per heavy atom. The van der Waals surface area contributed by atoms with Gasteiger partial charge in [-0.1, -0.05) is 17.9 Å². The number of benzene rings is 1. The molecular weight excluding hydrogens is 242 g/mol. The van der Waals surface area contributed by atoms with E-state index in [0.29, 0.717) is 18.5 Å². The van der Waals surface area contributed by atoms with E-state index in [-0.39, 0.29) is 19.1 Å². The Morgan fingerprint density at radius 2 is 2.05 bits per heavy atom. The van der Waals surface area contributed by atoms with Crippen molar-refractivity contribution in [1.29, 1.82) is 0 Å². The van der Waals surface area contributed by atoms with Crippen LogP contribution in [0, 0.1) is 18.8 Å². The summed E-state index contributed by atoms with van der Waals surface area (Å²) >= 11 is 0. The molecule has 0 saturated heterocycles. The molecule has 1 amide bonds. The van der Waals surface area contributed by atoms with Gasteiger partial charge in [-0.05, 0) is 24.6 Å². The summed E-state index contributed by atoms with van der Waals surface area (Å²) in [5.74, 6) is 5.66. The number of carbonyl (C=O) groups excluding carboxylic acids is 1. The van der Waals surface area contributed by atoms with Crippen molar-refractivity contribution in [3.05, 3.63) is 34.9 Å². The van der Waals surface area contributed by atoms with E-state index in [1.165, 1.54) is 4.90 Å². The largest absolute Gasteiger partial charge is 0.395 e. The van der Waals surface area contributed by atoms with E-state index in [1.54, 1.807) is 19.2 Å². The molecule has 4 heteroatoms. The number of aliphatic hydroxyl groups is 2. The van der Waals surface area contributed by atoms with Gasteiger partial charge < -0.3 is 15.1 Å².